The van der Waals surface area contributed by atoms with Crippen molar-refractivity contribution in [3.8, 4) is 0 Å². The quantitative estimate of drug-likeness (QED) is 0.431. The highest BCUT2D eigenvalue weighted by atomic mass is 31.2. The van der Waals surface area contributed by atoms with Crippen molar-refractivity contribution < 1.29 is 28.7 Å². The van der Waals surface area contributed by atoms with Gasteiger partial charge in [-0.3, -0.25) is 9.13 Å². The Morgan fingerprint density at radius 1 is 1.00 bits per heavy atom. The number of nitrogens with two attached hydrogens (primary N) is 1. The molecule has 0 unspecified atom stereocenters. The summed E-state index contributed by atoms with van der Waals surface area (Å²) in [5, 5.41) is -1.35. The van der Waals surface area contributed by atoms with E-state index in [1.54, 1.807) is 0 Å². The van der Waals surface area contributed by atoms with E-state index in [2.05, 4.69) is 0 Å². The van der Waals surface area contributed by atoms with Crippen LogP contribution in [0.2, 0.25) is 0 Å². The van der Waals surface area contributed by atoms with E-state index in [9.17, 15) is 9.13 Å². The summed E-state index contributed by atoms with van der Waals surface area (Å²) in [7, 11) is -9.46. The molecule has 6 N–H and O–H groups in total. The Kier molecular flexibility index (Phi) is 3.72. The van der Waals surface area contributed by atoms with E-state index in [0.29, 0.717) is 5.56 Å². The van der Waals surface area contributed by atoms with Gasteiger partial charge in [-0.2, -0.15) is 0 Å². The van der Waals surface area contributed by atoms with Gasteiger partial charge in [0, 0.05) is 6.54 Å². The Labute approximate surface area is 91.2 Å². The van der Waals surface area contributed by atoms with Crippen LogP contribution in [0.1, 0.15) is 5.56 Å². The van der Waals surface area contributed by atoms with Crippen LogP contribution in [-0.2, 0) is 15.7 Å². The van der Waals surface area contributed by atoms with Crippen LogP contribution in [0.25, 0.3) is 0 Å². The second-order valence-corrected chi connectivity index (χ2v) is 6.25. The van der Waals surface area contributed by atoms with Crippen molar-refractivity contribution in [1.29, 1.82) is 0 Å². The first-order valence-corrected chi connectivity index (χ1v) is 7.34. The number of hydrogen-bond donors (Lipinski definition) is 5. The van der Waals surface area contributed by atoms with Crippen molar-refractivity contribution in [2.24, 2.45) is 5.73 Å². The zero-order valence-electron chi connectivity index (χ0n) is 8.02. The minimum atomic E-state index is -4.74. The molecule has 90 valence electrons. The van der Waals surface area contributed by atoms with Crippen LogP contribution in [0.15, 0.2) is 18.2 Å². The molecule has 1 aromatic carbocycles. The van der Waals surface area contributed by atoms with Crippen molar-refractivity contribution in [1.82, 2.24) is 0 Å². The lowest BCUT2D eigenvalue weighted by molar-refractivity contribution is 0.381. The van der Waals surface area contributed by atoms with Gasteiger partial charge in [0.2, 0.25) is 0 Å². The number of benzene rings is 1. The molecule has 1 rings (SSSR count). The molecule has 0 spiro atoms. The Bertz CT molecular complexity index is 490. The van der Waals surface area contributed by atoms with Gasteiger partial charge in [-0.25, -0.2) is 0 Å². The molecule has 0 fully saturated rings. The molecule has 0 atom stereocenters. The second-order valence-electron chi connectivity index (χ2n) is 3.12. The molecule has 0 radical (unpaired) electrons. The molecule has 0 bridgehead atoms. The third-order valence-corrected chi connectivity index (χ3v) is 4.09. The van der Waals surface area contributed by atoms with Gasteiger partial charge in [-0.05, 0) is 17.7 Å². The van der Waals surface area contributed by atoms with Gasteiger partial charge in [-0.15, -0.1) is 0 Å². The molecule has 9 heteroatoms. The number of hydrogen-bond acceptors (Lipinski definition) is 3. The molecular weight excluding hydrogens is 256 g/mol. The lowest BCUT2D eigenvalue weighted by Gasteiger charge is -2.13. The highest BCUT2D eigenvalue weighted by Crippen LogP contribution is 2.40. The zero-order chi connectivity index (χ0) is 12.6. The molecule has 16 heavy (non-hydrogen) atoms. The van der Waals surface area contributed by atoms with E-state index in [1.807, 2.05) is 0 Å². The summed E-state index contributed by atoms with van der Waals surface area (Å²) >= 11 is 0. The lowest BCUT2D eigenvalue weighted by atomic mass is 10.2. The van der Waals surface area contributed by atoms with E-state index < -0.39 is 25.8 Å². The maximum absolute atomic E-state index is 11.1. The summed E-state index contributed by atoms with van der Waals surface area (Å²) in [6.45, 7) is 0.0223. The molecule has 0 aromatic heterocycles. The van der Waals surface area contributed by atoms with Gasteiger partial charge in [0.25, 0.3) is 0 Å². The SMILES string of the molecule is NCc1ccc(P(=O)(O)O)c(P(=O)(O)O)c1. The molecule has 0 aliphatic carbocycles. The molecule has 0 aliphatic rings. The largest absolute Gasteiger partial charge is 0.357 e. The van der Waals surface area contributed by atoms with Gasteiger partial charge in [0.05, 0.1) is 10.6 Å². The van der Waals surface area contributed by atoms with Crippen LogP contribution in [0.3, 0.4) is 0 Å². The molecule has 7 nitrogen and oxygen atoms in total. The Balaban J connectivity index is 3.52. The highest BCUT2D eigenvalue weighted by molar-refractivity contribution is 7.67. The minimum Gasteiger partial charge on any atom is -0.326 e. The Hall–Kier alpha value is -0.520. The van der Waals surface area contributed by atoms with Crippen LogP contribution in [0.5, 0.6) is 0 Å². The summed E-state index contributed by atoms with van der Waals surface area (Å²) in [5.74, 6) is 0. The van der Waals surface area contributed by atoms with E-state index in [-0.39, 0.29) is 6.54 Å². The summed E-state index contributed by atoms with van der Waals surface area (Å²) < 4.78 is 22.1. The molecule has 0 saturated heterocycles. The fraction of sp³-hybridized carbons (Fsp3) is 0.143. The summed E-state index contributed by atoms with van der Waals surface area (Å²) in [5.41, 5.74) is 5.66. The van der Waals surface area contributed by atoms with Crippen molar-refractivity contribution in [3.63, 3.8) is 0 Å². The van der Waals surface area contributed by atoms with Gasteiger partial charge < -0.3 is 25.3 Å². The van der Waals surface area contributed by atoms with Crippen molar-refractivity contribution in [3.05, 3.63) is 23.8 Å². The first kappa shape index (κ1) is 13.5. The second kappa shape index (κ2) is 4.39. The maximum Gasteiger partial charge on any atom is 0.357 e. The summed E-state index contributed by atoms with van der Waals surface area (Å²) in [4.78, 5) is 35.8. The smallest absolute Gasteiger partial charge is 0.326 e. The minimum absolute atomic E-state index is 0.0223. The predicted octanol–water partition coefficient (Wildman–Crippen LogP) is -1.25. The Morgan fingerprint density at radius 3 is 1.88 bits per heavy atom. The Morgan fingerprint density at radius 2 is 1.50 bits per heavy atom. The fourth-order valence-corrected chi connectivity index (χ4v) is 3.30. The third kappa shape index (κ3) is 2.99. The molecule has 0 heterocycles. The summed E-state index contributed by atoms with van der Waals surface area (Å²) in [6, 6.07) is 3.31. The van der Waals surface area contributed by atoms with Crippen LogP contribution < -0.4 is 16.3 Å². The molecule has 0 saturated carbocycles. The van der Waals surface area contributed by atoms with E-state index >= 15 is 0 Å². The molecule has 0 aliphatic heterocycles. The van der Waals surface area contributed by atoms with Crippen LogP contribution in [-0.4, -0.2) is 19.6 Å². The average molecular weight is 267 g/mol. The molecule has 1 aromatic rings. The van der Waals surface area contributed by atoms with Crippen LogP contribution in [0, 0.1) is 0 Å². The van der Waals surface area contributed by atoms with E-state index in [4.69, 9.17) is 25.3 Å². The van der Waals surface area contributed by atoms with Crippen molar-refractivity contribution in [2.45, 2.75) is 6.54 Å². The number of rotatable bonds is 3. The van der Waals surface area contributed by atoms with Crippen LogP contribution >= 0.6 is 15.2 Å². The third-order valence-electron chi connectivity index (χ3n) is 1.90. The van der Waals surface area contributed by atoms with Gasteiger partial charge >= 0.3 is 15.2 Å². The highest BCUT2D eigenvalue weighted by Gasteiger charge is 2.30. The monoisotopic (exact) mass is 267 g/mol. The maximum atomic E-state index is 11.1. The van der Waals surface area contributed by atoms with Crippen molar-refractivity contribution in [2.75, 3.05) is 0 Å². The lowest BCUT2D eigenvalue weighted by Crippen LogP contribution is -2.26. The molecular formula is C7H11NO6P2. The first-order valence-electron chi connectivity index (χ1n) is 4.11. The van der Waals surface area contributed by atoms with Gasteiger partial charge in [0.15, 0.2) is 0 Å². The molecule has 0 amide bonds. The fourth-order valence-electron chi connectivity index (χ4n) is 1.18. The first-order chi connectivity index (χ1) is 7.16. The van der Waals surface area contributed by atoms with E-state index in [0.717, 1.165) is 12.1 Å². The normalized spacial score (nSPS) is 12.8. The van der Waals surface area contributed by atoms with Crippen molar-refractivity contribution >= 4 is 25.8 Å². The average Bonchev–Trinajstić information content (AvgIpc) is 2.14. The van der Waals surface area contributed by atoms with Crippen LogP contribution in [0.4, 0.5) is 0 Å². The summed E-state index contributed by atoms with van der Waals surface area (Å²) in [6.07, 6.45) is 0. The van der Waals surface area contributed by atoms with Gasteiger partial charge in [-0.1, -0.05) is 6.07 Å². The topological polar surface area (TPSA) is 141 Å². The van der Waals surface area contributed by atoms with Gasteiger partial charge in [0.1, 0.15) is 0 Å². The standard InChI is InChI=1S/C7H11NO6P2/c8-4-5-1-2-6(15(9,10)11)7(3-5)16(12,13)14/h1-3H,4,8H2,(H2,9,10,11)(H2,12,13,14). The van der Waals surface area contributed by atoms with E-state index in [1.165, 1.54) is 6.07 Å². The zero-order valence-corrected chi connectivity index (χ0v) is 9.81. The predicted molar refractivity (Wildman–Crippen MR) is 57.7 cm³/mol.